The van der Waals surface area contributed by atoms with Crippen molar-refractivity contribution >= 4 is 34.3 Å². The van der Waals surface area contributed by atoms with Crippen LogP contribution >= 0.6 is 11.6 Å². The zero-order valence-corrected chi connectivity index (χ0v) is 16.0. The van der Waals surface area contributed by atoms with Gasteiger partial charge in [0.1, 0.15) is 0 Å². The molecule has 0 fully saturated rings. The van der Waals surface area contributed by atoms with E-state index in [2.05, 4.69) is 15.0 Å². The molecule has 0 aliphatic rings. The van der Waals surface area contributed by atoms with Crippen molar-refractivity contribution in [2.75, 3.05) is 38.0 Å². The maximum Gasteiger partial charge on any atom is 0.451 e. The van der Waals surface area contributed by atoms with E-state index in [4.69, 9.17) is 11.6 Å². The van der Waals surface area contributed by atoms with Gasteiger partial charge >= 0.3 is 6.18 Å². The van der Waals surface area contributed by atoms with Gasteiger partial charge in [-0.1, -0.05) is 17.7 Å². The highest BCUT2D eigenvalue weighted by molar-refractivity contribution is 6.30. The van der Waals surface area contributed by atoms with Gasteiger partial charge < -0.3 is 14.4 Å². The number of alkyl halides is 3. The van der Waals surface area contributed by atoms with Crippen LogP contribution in [0.5, 0.6) is 0 Å². The first-order valence-electron chi connectivity index (χ1n) is 8.01. The molecule has 2 heterocycles. The Bertz CT molecular complexity index is 981. The average Bonchev–Trinajstić information content (AvgIpc) is 2.97. The minimum absolute atomic E-state index is 0.120. The Balaban J connectivity index is 2.15. The Labute approximate surface area is 159 Å². The second-order valence-electron chi connectivity index (χ2n) is 6.48. The Morgan fingerprint density at radius 3 is 2.37 bits per heavy atom. The molecule has 0 aliphatic heterocycles. The summed E-state index contributed by atoms with van der Waals surface area (Å²) >= 11 is 6.07. The van der Waals surface area contributed by atoms with Gasteiger partial charge in [0.05, 0.1) is 12.9 Å². The minimum Gasteiger partial charge on any atom is -0.377 e. The predicted octanol–water partition coefficient (Wildman–Crippen LogP) is 3.68. The molecular weight excluding hydrogens is 381 g/mol. The third kappa shape index (κ3) is 3.78. The van der Waals surface area contributed by atoms with Crippen LogP contribution in [-0.2, 0) is 12.7 Å². The number of benzene rings is 1. The van der Waals surface area contributed by atoms with Crippen LogP contribution in [0.1, 0.15) is 11.4 Å². The molecule has 3 aromatic rings. The molecule has 0 radical (unpaired) electrons. The van der Waals surface area contributed by atoms with Gasteiger partial charge in [0.15, 0.2) is 17.0 Å². The van der Waals surface area contributed by atoms with Crippen molar-refractivity contribution in [3.63, 3.8) is 0 Å². The molecule has 0 aliphatic carbocycles. The standard InChI is InChI=1S/C17H18ClF3N6/c1-25(2)12-7-11(18)6-5-10(12)8-27-9-22-13-14(26(3)4)23-16(17(19,20)21)24-15(13)27/h5-7,9H,8H2,1-4H3. The van der Waals surface area contributed by atoms with Crippen molar-refractivity contribution in [1.82, 2.24) is 19.5 Å². The average molecular weight is 399 g/mol. The number of fused-ring (bicyclic) bond motifs is 1. The lowest BCUT2D eigenvalue weighted by atomic mass is 10.1. The van der Waals surface area contributed by atoms with Crippen molar-refractivity contribution < 1.29 is 13.2 Å². The van der Waals surface area contributed by atoms with E-state index >= 15 is 0 Å². The lowest BCUT2D eigenvalue weighted by Crippen LogP contribution is -2.18. The van der Waals surface area contributed by atoms with Gasteiger partial charge in [0.2, 0.25) is 5.82 Å². The number of halogens is 4. The number of nitrogens with zero attached hydrogens (tertiary/aromatic N) is 6. The molecule has 0 saturated heterocycles. The summed E-state index contributed by atoms with van der Waals surface area (Å²) in [7, 11) is 6.97. The van der Waals surface area contributed by atoms with E-state index in [1.165, 1.54) is 11.2 Å². The topological polar surface area (TPSA) is 50.1 Å². The van der Waals surface area contributed by atoms with Crippen LogP contribution in [0.2, 0.25) is 5.02 Å². The van der Waals surface area contributed by atoms with Gasteiger partial charge in [-0.3, -0.25) is 0 Å². The molecule has 1 aromatic carbocycles. The highest BCUT2D eigenvalue weighted by Crippen LogP contribution is 2.31. The summed E-state index contributed by atoms with van der Waals surface area (Å²) < 4.78 is 41.3. The van der Waals surface area contributed by atoms with E-state index in [-0.39, 0.29) is 11.5 Å². The number of imidazole rings is 1. The van der Waals surface area contributed by atoms with Gasteiger partial charge in [0.25, 0.3) is 0 Å². The number of rotatable bonds is 4. The first-order valence-corrected chi connectivity index (χ1v) is 8.39. The van der Waals surface area contributed by atoms with E-state index < -0.39 is 12.0 Å². The summed E-state index contributed by atoms with van der Waals surface area (Å²) in [5.41, 5.74) is 2.18. The molecule has 3 rings (SSSR count). The van der Waals surface area contributed by atoms with Crippen LogP contribution in [-0.4, -0.2) is 47.7 Å². The van der Waals surface area contributed by atoms with E-state index in [1.807, 2.05) is 25.1 Å². The molecule has 0 saturated carbocycles. The first-order chi connectivity index (χ1) is 12.6. The first kappa shape index (κ1) is 19.2. The molecule has 0 amide bonds. The molecule has 10 heteroatoms. The molecule has 144 valence electrons. The molecule has 0 atom stereocenters. The monoisotopic (exact) mass is 398 g/mol. The zero-order chi connectivity index (χ0) is 19.9. The Morgan fingerprint density at radius 2 is 1.78 bits per heavy atom. The molecular formula is C17H18ClF3N6. The van der Waals surface area contributed by atoms with Crippen LogP contribution < -0.4 is 9.80 Å². The summed E-state index contributed by atoms with van der Waals surface area (Å²) in [6.45, 7) is 0.294. The minimum atomic E-state index is -4.65. The van der Waals surface area contributed by atoms with E-state index in [0.717, 1.165) is 11.3 Å². The third-order valence-electron chi connectivity index (χ3n) is 3.99. The van der Waals surface area contributed by atoms with Crippen LogP contribution in [0.3, 0.4) is 0 Å². The molecule has 0 N–H and O–H groups in total. The summed E-state index contributed by atoms with van der Waals surface area (Å²) in [5, 5.41) is 0.578. The fourth-order valence-corrected chi connectivity index (χ4v) is 2.92. The summed E-state index contributed by atoms with van der Waals surface area (Å²) in [6, 6.07) is 5.38. The van der Waals surface area contributed by atoms with Gasteiger partial charge in [-0.15, -0.1) is 0 Å². The second-order valence-corrected chi connectivity index (χ2v) is 6.91. The highest BCUT2D eigenvalue weighted by atomic mass is 35.5. The van der Waals surface area contributed by atoms with Crippen molar-refractivity contribution in [2.45, 2.75) is 12.7 Å². The van der Waals surface area contributed by atoms with Gasteiger partial charge in [-0.05, 0) is 17.7 Å². The Morgan fingerprint density at radius 1 is 1.07 bits per heavy atom. The Hall–Kier alpha value is -2.55. The predicted molar refractivity (Wildman–Crippen MR) is 99.5 cm³/mol. The van der Waals surface area contributed by atoms with E-state index in [0.29, 0.717) is 17.1 Å². The lowest BCUT2D eigenvalue weighted by molar-refractivity contribution is -0.144. The smallest absolute Gasteiger partial charge is 0.377 e. The number of aromatic nitrogens is 4. The summed E-state index contributed by atoms with van der Waals surface area (Å²) in [6.07, 6.45) is -3.18. The number of anilines is 2. The van der Waals surface area contributed by atoms with Crippen molar-refractivity contribution in [3.8, 4) is 0 Å². The largest absolute Gasteiger partial charge is 0.451 e. The maximum absolute atomic E-state index is 13.2. The third-order valence-corrected chi connectivity index (χ3v) is 4.23. The van der Waals surface area contributed by atoms with Gasteiger partial charge in [-0.25, -0.2) is 15.0 Å². The normalized spacial score (nSPS) is 11.9. The lowest BCUT2D eigenvalue weighted by Gasteiger charge is -2.18. The number of hydrogen-bond acceptors (Lipinski definition) is 5. The molecule has 6 nitrogen and oxygen atoms in total. The molecule has 27 heavy (non-hydrogen) atoms. The van der Waals surface area contributed by atoms with Crippen LogP contribution in [0, 0.1) is 0 Å². The van der Waals surface area contributed by atoms with Crippen molar-refractivity contribution in [1.29, 1.82) is 0 Å². The highest BCUT2D eigenvalue weighted by Gasteiger charge is 2.36. The molecule has 0 bridgehead atoms. The van der Waals surface area contributed by atoms with Gasteiger partial charge in [-0.2, -0.15) is 13.2 Å². The second kappa shape index (κ2) is 6.88. The van der Waals surface area contributed by atoms with Gasteiger partial charge in [0, 0.05) is 38.9 Å². The fourth-order valence-electron chi connectivity index (χ4n) is 2.75. The SMILES string of the molecule is CN(C)c1cc(Cl)ccc1Cn1cnc2c(N(C)C)nc(C(F)(F)F)nc21. The number of hydrogen-bond donors (Lipinski definition) is 0. The van der Waals surface area contributed by atoms with E-state index in [9.17, 15) is 13.2 Å². The molecule has 0 spiro atoms. The zero-order valence-electron chi connectivity index (χ0n) is 15.2. The molecule has 0 unspecified atom stereocenters. The van der Waals surface area contributed by atoms with E-state index in [1.54, 1.807) is 30.8 Å². The Kier molecular flexibility index (Phi) is 4.90. The van der Waals surface area contributed by atoms with Crippen molar-refractivity contribution in [2.24, 2.45) is 0 Å². The van der Waals surface area contributed by atoms with Crippen LogP contribution in [0.25, 0.3) is 11.2 Å². The van der Waals surface area contributed by atoms with Crippen LogP contribution in [0.4, 0.5) is 24.7 Å². The van der Waals surface area contributed by atoms with Crippen molar-refractivity contribution in [3.05, 3.63) is 40.9 Å². The quantitative estimate of drug-likeness (QED) is 0.671. The summed E-state index contributed by atoms with van der Waals surface area (Å²) in [4.78, 5) is 15.0. The molecule has 2 aromatic heterocycles. The maximum atomic E-state index is 13.2. The fraction of sp³-hybridized carbons (Fsp3) is 0.353. The van der Waals surface area contributed by atoms with Crippen LogP contribution in [0.15, 0.2) is 24.5 Å². The summed E-state index contributed by atoms with van der Waals surface area (Å²) in [5.74, 6) is -1.07.